The van der Waals surface area contributed by atoms with Crippen LogP contribution in [0.2, 0.25) is 10.0 Å². The van der Waals surface area contributed by atoms with Crippen LogP contribution in [0.1, 0.15) is 19.8 Å². The molecule has 3 atom stereocenters. The first-order valence-electron chi connectivity index (χ1n) is 8.23. The van der Waals surface area contributed by atoms with Gasteiger partial charge in [-0.15, -0.1) is 0 Å². The van der Waals surface area contributed by atoms with E-state index in [1.807, 2.05) is 0 Å². The summed E-state index contributed by atoms with van der Waals surface area (Å²) in [7, 11) is 0. The number of Topliss-reactive ketones (excluding diaryl/α,β-unsaturated/α-hetero) is 1. The number of ketones is 1. The molecule has 0 radical (unpaired) electrons. The Bertz CT molecular complexity index is 750. The molecule has 0 aliphatic heterocycles. The lowest BCUT2D eigenvalue weighted by Gasteiger charge is -2.17. The quantitative estimate of drug-likeness (QED) is 0.414. The van der Waals surface area contributed by atoms with E-state index in [1.54, 1.807) is 13.0 Å². The van der Waals surface area contributed by atoms with Crippen molar-refractivity contribution in [2.45, 2.75) is 19.8 Å². The van der Waals surface area contributed by atoms with Crippen LogP contribution >= 0.6 is 23.2 Å². The van der Waals surface area contributed by atoms with Gasteiger partial charge >= 0.3 is 5.97 Å². The number of nitrogens with one attached hydrogen (secondary N) is 1. The average Bonchev–Trinajstić information content (AvgIpc) is 2.83. The van der Waals surface area contributed by atoms with Gasteiger partial charge in [0.05, 0.1) is 22.2 Å². The third kappa shape index (κ3) is 5.64. The Morgan fingerprint density at radius 1 is 1.33 bits per heavy atom. The van der Waals surface area contributed by atoms with E-state index in [0.29, 0.717) is 0 Å². The maximum Gasteiger partial charge on any atom is 0.307 e. The van der Waals surface area contributed by atoms with Crippen molar-refractivity contribution in [2.24, 2.45) is 17.8 Å². The number of hydrogen-bond donors (Lipinski definition) is 1. The van der Waals surface area contributed by atoms with Gasteiger partial charge in [-0.05, 0) is 18.1 Å². The van der Waals surface area contributed by atoms with Crippen molar-refractivity contribution in [3.05, 3.63) is 38.4 Å². The molecular weight excluding hydrogens is 399 g/mol. The monoisotopic (exact) mass is 416 g/mol. The highest BCUT2D eigenvalue weighted by atomic mass is 35.5. The fraction of sp³-hybridized carbons (Fsp3) is 0.471. The lowest BCUT2D eigenvalue weighted by atomic mass is 9.88. The summed E-state index contributed by atoms with van der Waals surface area (Å²) in [6.07, 6.45) is -0.0935. The van der Waals surface area contributed by atoms with Gasteiger partial charge in [-0.25, -0.2) is 0 Å². The minimum atomic E-state index is -0.767. The first kappa shape index (κ1) is 21.1. The van der Waals surface area contributed by atoms with Crippen molar-refractivity contribution >= 4 is 46.5 Å². The predicted octanol–water partition coefficient (Wildman–Crippen LogP) is 2.98. The van der Waals surface area contributed by atoms with Gasteiger partial charge in [-0.2, -0.15) is 0 Å². The molecular formula is C17H18Cl2N2O6. The van der Waals surface area contributed by atoms with Gasteiger partial charge in [0.15, 0.2) is 6.61 Å². The summed E-state index contributed by atoms with van der Waals surface area (Å²) in [6, 6.07) is 4.69. The molecule has 1 saturated carbocycles. The van der Waals surface area contributed by atoms with Crippen LogP contribution in [-0.2, 0) is 19.1 Å². The van der Waals surface area contributed by atoms with Crippen molar-refractivity contribution < 1.29 is 24.0 Å². The Labute approximate surface area is 165 Å². The van der Waals surface area contributed by atoms with Crippen molar-refractivity contribution in [1.29, 1.82) is 0 Å². The van der Waals surface area contributed by atoms with Crippen LogP contribution in [0.5, 0.6) is 0 Å². The molecule has 0 aromatic heterocycles. The molecule has 1 aliphatic carbocycles. The number of rotatable bonds is 7. The van der Waals surface area contributed by atoms with Crippen LogP contribution in [0.4, 0.5) is 5.69 Å². The summed E-state index contributed by atoms with van der Waals surface area (Å²) in [4.78, 5) is 46.2. The van der Waals surface area contributed by atoms with Gasteiger partial charge in [-0.1, -0.05) is 36.2 Å². The van der Waals surface area contributed by atoms with E-state index in [9.17, 15) is 24.5 Å². The number of carbonyl (C=O) groups excluding carboxylic acids is 3. The van der Waals surface area contributed by atoms with Crippen molar-refractivity contribution in [1.82, 2.24) is 0 Å². The molecule has 0 bridgehead atoms. The molecule has 0 saturated heterocycles. The predicted molar refractivity (Wildman–Crippen MR) is 98.3 cm³/mol. The molecule has 1 fully saturated rings. The Morgan fingerprint density at radius 2 is 1.96 bits per heavy atom. The van der Waals surface area contributed by atoms with E-state index in [1.165, 1.54) is 12.1 Å². The zero-order valence-corrected chi connectivity index (χ0v) is 16.0. The smallest absolute Gasteiger partial charge is 0.307 e. The number of nitro groups is 1. The van der Waals surface area contributed by atoms with E-state index in [2.05, 4.69) is 5.32 Å². The lowest BCUT2D eigenvalue weighted by Crippen LogP contribution is -2.28. The minimum absolute atomic E-state index is 0.175. The highest BCUT2D eigenvalue weighted by molar-refractivity contribution is 6.39. The number of carbonyl (C=O) groups is 3. The molecule has 0 heterocycles. The van der Waals surface area contributed by atoms with Crippen molar-refractivity contribution in [2.75, 3.05) is 18.5 Å². The van der Waals surface area contributed by atoms with Crippen LogP contribution in [0.15, 0.2) is 18.2 Å². The number of amides is 1. The van der Waals surface area contributed by atoms with Crippen LogP contribution in [0.25, 0.3) is 0 Å². The molecule has 1 aromatic rings. The Balaban J connectivity index is 1.89. The normalized spacial score (nSPS) is 21.7. The fourth-order valence-electron chi connectivity index (χ4n) is 3.18. The first-order chi connectivity index (χ1) is 12.7. The number of benzene rings is 1. The zero-order valence-electron chi connectivity index (χ0n) is 14.4. The van der Waals surface area contributed by atoms with Crippen LogP contribution in [-0.4, -0.2) is 35.7 Å². The zero-order chi connectivity index (χ0) is 20.1. The number of halogens is 2. The number of anilines is 1. The summed E-state index contributed by atoms with van der Waals surface area (Å²) < 4.78 is 4.90. The molecule has 10 heteroatoms. The largest absolute Gasteiger partial charge is 0.456 e. The third-order valence-electron chi connectivity index (χ3n) is 4.52. The molecule has 27 heavy (non-hydrogen) atoms. The van der Waals surface area contributed by atoms with E-state index < -0.39 is 35.2 Å². The second kappa shape index (κ2) is 9.14. The van der Waals surface area contributed by atoms with Crippen LogP contribution < -0.4 is 5.32 Å². The molecule has 2 rings (SSSR count). The summed E-state index contributed by atoms with van der Waals surface area (Å²) in [5.74, 6) is -3.07. The Hall–Kier alpha value is -2.19. The van der Waals surface area contributed by atoms with Crippen LogP contribution in [0.3, 0.4) is 0 Å². The lowest BCUT2D eigenvalue weighted by molar-refractivity contribution is -0.490. The number of ether oxygens (including phenoxy) is 1. The van der Waals surface area contributed by atoms with Gasteiger partial charge in [0.2, 0.25) is 6.54 Å². The molecule has 0 unspecified atom stereocenters. The average molecular weight is 417 g/mol. The Kier molecular flexibility index (Phi) is 7.15. The summed E-state index contributed by atoms with van der Waals surface area (Å²) in [5.41, 5.74) is 0.202. The van der Waals surface area contributed by atoms with E-state index in [0.717, 1.165) is 0 Å². The van der Waals surface area contributed by atoms with Crippen LogP contribution in [0, 0.1) is 27.9 Å². The molecule has 8 nitrogen and oxygen atoms in total. The van der Waals surface area contributed by atoms with E-state index in [4.69, 9.17) is 27.9 Å². The van der Waals surface area contributed by atoms with E-state index >= 15 is 0 Å². The molecule has 1 aliphatic rings. The maximum atomic E-state index is 12.0. The third-order valence-corrected chi connectivity index (χ3v) is 5.15. The molecule has 0 spiro atoms. The maximum absolute atomic E-state index is 12.0. The summed E-state index contributed by atoms with van der Waals surface area (Å²) in [5, 5.41) is 13.7. The number of hydrogen-bond acceptors (Lipinski definition) is 6. The van der Waals surface area contributed by atoms with Gasteiger partial charge in [0.25, 0.3) is 5.91 Å². The SMILES string of the molecule is C[C@H]1CC(=O)[C@H](CC(=O)OCC(=O)Nc2c(Cl)cccc2Cl)[C@@H]1C[N+](=O)[O-]. The minimum Gasteiger partial charge on any atom is -0.456 e. The number of para-hydroxylation sites is 1. The van der Waals surface area contributed by atoms with Gasteiger partial charge < -0.3 is 10.1 Å². The van der Waals surface area contributed by atoms with Gasteiger partial charge in [-0.3, -0.25) is 24.5 Å². The van der Waals surface area contributed by atoms with Crippen molar-refractivity contribution in [3.8, 4) is 0 Å². The molecule has 1 aromatic carbocycles. The number of nitrogens with zero attached hydrogens (tertiary/aromatic N) is 1. The second-order valence-electron chi connectivity index (χ2n) is 6.44. The molecule has 1 N–H and O–H groups in total. The topological polar surface area (TPSA) is 116 Å². The van der Waals surface area contributed by atoms with Gasteiger partial charge in [0, 0.05) is 23.2 Å². The Morgan fingerprint density at radius 3 is 2.56 bits per heavy atom. The summed E-state index contributed by atoms with van der Waals surface area (Å²) >= 11 is 11.9. The molecule has 1 amide bonds. The first-order valence-corrected chi connectivity index (χ1v) is 8.98. The number of esters is 1. The van der Waals surface area contributed by atoms with E-state index in [-0.39, 0.29) is 46.8 Å². The van der Waals surface area contributed by atoms with Gasteiger partial charge in [0.1, 0.15) is 5.78 Å². The highest BCUT2D eigenvalue weighted by Crippen LogP contribution is 2.36. The second-order valence-corrected chi connectivity index (χ2v) is 7.26. The highest BCUT2D eigenvalue weighted by Gasteiger charge is 2.44. The summed E-state index contributed by atoms with van der Waals surface area (Å²) in [6.45, 7) is 0.783. The van der Waals surface area contributed by atoms with Crippen molar-refractivity contribution in [3.63, 3.8) is 0 Å². The standard InChI is InChI=1S/C17H18Cl2N2O6/c1-9-5-14(22)10(11(9)7-21(25)26)6-16(24)27-8-15(23)20-17-12(18)3-2-4-13(17)19/h2-4,9-11H,5-8H2,1H3,(H,20,23)/t9-,10+,11+/m0/s1. The molecule has 146 valence electrons. The fourth-order valence-corrected chi connectivity index (χ4v) is 3.67.